The smallest absolute Gasteiger partial charge is 0.249 e. The van der Waals surface area contributed by atoms with Crippen LogP contribution in [0.15, 0.2) is 29.2 Å². The van der Waals surface area contributed by atoms with Crippen molar-refractivity contribution in [3.05, 3.63) is 29.3 Å². The summed E-state index contributed by atoms with van der Waals surface area (Å²) >= 11 is 5.76. The first-order chi connectivity index (χ1) is 10.8. The third kappa shape index (κ3) is 4.89. The van der Waals surface area contributed by atoms with Crippen LogP contribution in [0.1, 0.15) is 0 Å². The van der Waals surface area contributed by atoms with Gasteiger partial charge in [0.1, 0.15) is 0 Å². The molecule has 1 heterocycles. The van der Waals surface area contributed by atoms with Crippen molar-refractivity contribution < 1.29 is 18.1 Å². The number of piperazine rings is 1. The van der Waals surface area contributed by atoms with Crippen molar-refractivity contribution in [2.24, 2.45) is 0 Å². The van der Waals surface area contributed by atoms with Crippen LogP contribution in [0.3, 0.4) is 0 Å². The zero-order valence-corrected chi connectivity index (χ0v) is 14.8. The van der Waals surface area contributed by atoms with E-state index in [1.54, 1.807) is 0 Å². The van der Waals surface area contributed by atoms with Gasteiger partial charge in [-0.05, 0) is 24.3 Å². The highest BCUT2D eigenvalue weighted by atomic mass is 35.5. The Bertz CT molecular complexity index is 642. The molecule has 9 heteroatoms. The van der Waals surface area contributed by atoms with Crippen LogP contribution in [0.25, 0.3) is 0 Å². The maximum Gasteiger partial charge on any atom is 0.249 e. The fourth-order valence-electron chi connectivity index (χ4n) is 2.29. The number of carbonyl (C=O) groups excluding carboxylic acids is 1. The number of hydrogen-bond acceptors (Lipinski definition) is 4. The summed E-state index contributed by atoms with van der Waals surface area (Å²) in [4.78, 5) is 13.6. The van der Waals surface area contributed by atoms with Gasteiger partial charge >= 0.3 is 0 Å². The van der Waals surface area contributed by atoms with Crippen molar-refractivity contribution in [3.63, 3.8) is 0 Å². The van der Waals surface area contributed by atoms with Crippen LogP contribution in [0.4, 0.5) is 0 Å². The third-order valence-electron chi connectivity index (χ3n) is 3.79. The Hall–Kier alpha value is -1.19. The SMILES string of the molecule is CN(CC(=O)NN1CC[NH+](C)CC1)S(=O)(=O)c1ccc(Cl)cc1. The highest BCUT2D eigenvalue weighted by Gasteiger charge is 2.24. The lowest BCUT2D eigenvalue weighted by atomic mass is 10.4. The van der Waals surface area contributed by atoms with Gasteiger partial charge in [-0.3, -0.25) is 10.2 Å². The predicted octanol–water partition coefficient (Wildman–Crippen LogP) is -1.18. The predicted molar refractivity (Wildman–Crippen MR) is 87.6 cm³/mol. The van der Waals surface area contributed by atoms with Crippen molar-refractivity contribution in [1.29, 1.82) is 0 Å². The van der Waals surface area contributed by atoms with Crippen LogP contribution in [0.5, 0.6) is 0 Å². The Morgan fingerprint density at radius 3 is 2.43 bits per heavy atom. The first kappa shape index (κ1) is 18.2. The van der Waals surface area contributed by atoms with E-state index in [-0.39, 0.29) is 17.3 Å². The zero-order chi connectivity index (χ0) is 17.0. The first-order valence-electron chi connectivity index (χ1n) is 7.36. The maximum atomic E-state index is 12.4. The Kier molecular flexibility index (Phi) is 5.99. The van der Waals surface area contributed by atoms with Crippen molar-refractivity contribution in [1.82, 2.24) is 14.7 Å². The second-order valence-electron chi connectivity index (χ2n) is 5.69. The summed E-state index contributed by atoms with van der Waals surface area (Å²) < 4.78 is 25.8. The standard InChI is InChI=1S/C14H21ClN4O3S/c1-17-7-9-19(10-8-17)16-14(20)11-18(2)23(21,22)13-5-3-12(15)4-6-13/h3-6H,7-11H2,1-2H3,(H,16,20)/p+1. The Labute approximate surface area is 141 Å². The number of rotatable bonds is 5. The molecule has 1 aliphatic rings. The van der Waals surface area contributed by atoms with Gasteiger partial charge in [0.25, 0.3) is 0 Å². The molecule has 2 rings (SSSR count). The average Bonchev–Trinajstić information content (AvgIpc) is 2.50. The highest BCUT2D eigenvalue weighted by molar-refractivity contribution is 7.89. The molecule has 0 saturated carbocycles. The molecule has 23 heavy (non-hydrogen) atoms. The lowest BCUT2D eigenvalue weighted by molar-refractivity contribution is -0.884. The summed E-state index contributed by atoms with van der Waals surface area (Å²) in [6, 6.07) is 5.87. The molecule has 0 radical (unpaired) electrons. The lowest BCUT2D eigenvalue weighted by Crippen LogP contribution is -3.12. The minimum absolute atomic E-state index is 0.111. The molecule has 0 aliphatic carbocycles. The van der Waals surface area contributed by atoms with Gasteiger partial charge in [0.05, 0.1) is 44.7 Å². The molecular formula is C14H22ClN4O3S+. The van der Waals surface area contributed by atoms with Crippen molar-refractivity contribution in [2.75, 3.05) is 46.8 Å². The number of likely N-dealkylation sites (N-methyl/N-ethyl adjacent to an activating group) is 2. The van der Waals surface area contributed by atoms with Crippen molar-refractivity contribution >= 4 is 27.5 Å². The van der Waals surface area contributed by atoms with Crippen LogP contribution in [0.2, 0.25) is 5.02 Å². The zero-order valence-electron chi connectivity index (χ0n) is 13.3. The fourth-order valence-corrected chi connectivity index (χ4v) is 3.54. The van der Waals surface area contributed by atoms with Gasteiger partial charge in [-0.25, -0.2) is 13.4 Å². The summed E-state index contributed by atoms with van der Waals surface area (Å²) in [7, 11) is -0.220. The molecule has 7 nitrogen and oxygen atoms in total. The van der Waals surface area contributed by atoms with Gasteiger partial charge in [-0.15, -0.1) is 0 Å². The molecule has 0 unspecified atom stereocenters. The third-order valence-corrected chi connectivity index (χ3v) is 5.86. The molecule has 1 saturated heterocycles. The van der Waals surface area contributed by atoms with E-state index in [0.29, 0.717) is 5.02 Å². The van der Waals surface area contributed by atoms with Crippen LogP contribution < -0.4 is 10.3 Å². The highest BCUT2D eigenvalue weighted by Crippen LogP contribution is 2.17. The minimum Gasteiger partial charge on any atom is -0.335 e. The molecular weight excluding hydrogens is 340 g/mol. The van der Waals surface area contributed by atoms with Crippen LogP contribution in [-0.2, 0) is 14.8 Å². The number of carbonyl (C=O) groups is 1. The Morgan fingerprint density at radius 1 is 1.30 bits per heavy atom. The van der Waals surface area contributed by atoms with Crippen molar-refractivity contribution in [3.8, 4) is 0 Å². The molecule has 0 aromatic heterocycles. The van der Waals surface area contributed by atoms with Gasteiger partial charge in [-0.2, -0.15) is 4.31 Å². The second kappa shape index (κ2) is 7.59. The summed E-state index contributed by atoms with van der Waals surface area (Å²) in [6.45, 7) is 3.17. The van der Waals surface area contributed by atoms with E-state index in [0.717, 1.165) is 30.5 Å². The average molecular weight is 362 g/mol. The number of sulfonamides is 1. The van der Waals surface area contributed by atoms with E-state index >= 15 is 0 Å². The number of nitrogens with zero attached hydrogens (tertiary/aromatic N) is 2. The molecule has 1 aliphatic heterocycles. The summed E-state index contributed by atoms with van der Waals surface area (Å²) in [5, 5.41) is 2.29. The van der Waals surface area contributed by atoms with E-state index in [1.165, 1.54) is 36.2 Å². The van der Waals surface area contributed by atoms with Crippen LogP contribution in [-0.4, -0.2) is 70.5 Å². The Morgan fingerprint density at radius 2 is 1.87 bits per heavy atom. The quantitative estimate of drug-likeness (QED) is 0.692. The van der Waals surface area contributed by atoms with Gasteiger partial charge < -0.3 is 4.90 Å². The molecule has 0 atom stereocenters. The molecule has 1 aromatic carbocycles. The first-order valence-corrected chi connectivity index (χ1v) is 9.18. The number of benzene rings is 1. The largest absolute Gasteiger partial charge is 0.335 e. The van der Waals surface area contributed by atoms with E-state index in [1.807, 2.05) is 5.01 Å². The molecule has 1 amide bonds. The number of hydrogen-bond donors (Lipinski definition) is 2. The van der Waals surface area contributed by atoms with Crippen molar-refractivity contribution in [2.45, 2.75) is 4.90 Å². The van der Waals surface area contributed by atoms with E-state index in [9.17, 15) is 13.2 Å². The van der Waals surface area contributed by atoms with E-state index in [2.05, 4.69) is 12.5 Å². The maximum absolute atomic E-state index is 12.4. The van der Waals surface area contributed by atoms with Crippen LogP contribution >= 0.6 is 11.6 Å². The van der Waals surface area contributed by atoms with E-state index < -0.39 is 10.0 Å². The number of hydrazine groups is 1. The Balaban J connectivity index is 1.93. The normalized spacial score (nSPS) is 17.4. The van der Waals surface area contributed by atoms with Gasteiger partial charge in [-0.1, -0.05) is 11.6 Å². The van der Waals surface area contributed by atoms with E-state index in [4.69, 9.17) is 11.6 Å². The molecule has 1 aromatic rings. The number of quaternary nitrogens is 1. The van der Waals surface area contributed by atoms with Gasteiger partial charge in [0.2, 0.25) is 15.9 Å². The number of nitrogens with one attached hydrogen (secondary N) is 2. The summed E-state index contributed by atoms with van der Waals surface area (Å²) in [5.74, 6) is -0.343. The fraction of sp³-hybridized carbons (Fsp3) is 0.500. The summed E-state index contributed by atoms with van der Waals surface area (Å²) in [5.41, 5.74) is 2.76. The number of halogens is 1. The topological polar surface area (TPSA) is 74.2 Å². The second-order valence-corrected chi connectivity index (χ2v) is 8.18. The molecule has 2 N–H and O–H groups in total. The van der Waals surface area contributed by atoms with Gasteiger partial charge in [0.15, 0.2) is 0 Å². The van der Waals surface area contributed by atoms with Crippen LogP contribution in [0, 0.1) is 0 Å². The molecule has 1 fully saturated rings. The minimum atomic E-state index is -3.71. The molecule has 0 spiro atoms. The monoisotopic (exact) mass is 361 g/mol. The number of amides is 1. The molecule has 128 valence electrons. The summed E-state index contributed by atoms with van der Waals surface area (Å²) in [6.07, 6.45) is 0. The molecule has 0 bridgehead atoms. The lowest BCUT2D eigenvalue weighted by Gasteiger charge is -2.30. The van der Waals surface area contributed by atoms with Gasteiger partial charge in [0, 0.05) is 12.1 Å².